The first-order chi connectivity index (χ1) is 8.56. The predicted molar refractivity (Wildman–Crippen MR) is 60.8 cm³/mol. The average Bonchev–Trinajstić information content (AvgIpc) is 2.25. The van der Waals surface area contributed by atoms with Gasteiger partial charge in [-0.2, -0.15) is 8.78 Å². The summed E-state index contributed by atoms with van der Waals surface area (Å²) in [6.45, 7) is -2.84. The lowest BCUT2D eigenvalue weighted by molar-refractivity contribution is -0.144. The Morgan fingerprint density at radius 3 is 2.44 bits per heavy atom. The number of nitrogens with one attached hydrogen (secondary N) is 1. The molecule has 1 saturated carbocycles. The minimum Gasteiger partial charge on any atom is -0.481 e. The van der Waals surface area contributed by atoms with Crippen LogP contribution in [0.5, 0.6) is 5.75 Å². The van der Waals surface area contributed by atoms with Gasteiger partial charge in [-0.25, -0.2) is 0 Å². The quantitative estimate of drug-likeness (QED) is 0.851. The zero-order valence-corrected chi connectivity index (χ0v) is 9.48. The highest BCUT2D eigenvalue weighted by Gasteiger charge is 2.36. The van der Waals surface area contributed by atoms with Crippen molar-refractivity contribution in [1.82, 2.24) is 0 Å². The number of carboxylic acids is 1. The van der Waals surface area contributed by atoms with E-state index >= 15 is 0 Å². The molecule has 0 spiro atoms. The van der Waals surface area contributed by atoms with Gasteiger partial charge < -0.3 is 15.2 Å². The lowest BCUT2D eigenvalue weighted by atomic mass is 9.79. The van der Waals surface area contributed by atoms with Crippen molar-refractivity contribution in [3.63, 3.8) is 0 Å². The van der Waals surface area contributed by atoms with Crippen molar-refractivity contribution in [3.8, 4) is 5.75 Å². The highest BCUT2D eigenvalue weighted by atomic mass is 19.3. The minimum absolute atomic E-state index is 0.0824. The monoisotopic (exact) mass is 257 g/mol. The topological polar surface area (TPSA) is 58.6 Å². The number of ether oxygens (including phenoxy) is 1. The van der Waals surface area contributed by atoms with E-state index in [9.17, 15) is 13.6 Å². The molecule has 2 unspecified atom stereocenters. The molecule has 1 aliphatic carbocycles. The molecule has 1 aromatic rings. The van der Waals surface area contributed by atoms with E-state index in [1.807, 2.05) is 0 Å². The molecule has 1 fully saturated rings. The summed E-state index contributed by atoms with van der Waals surface area (Å²) in [6.07, 6.45) is 1.46. The van der Waals surface area contributed by atoms with E-state index in [-0.39, 0.29) is 17.7 Å². The van der Waals surface area contributed by atoms with E-state index < -0.39 is 12.6 Å². The summed E-state index contributed by atoms with van der Waals surface area (Å²) in [4.78, 5) is 10.8. The van der Waals surface area contributed by atoms with Crippen LogP contribution in [0.25, 0.3) is 0 Å². The SMILES string of the molecule is O=C(O)C1CCC1Nc1ccc(OC(F)F)cc1. The van der Waals surface area contributed by atoms with Gasteiger partial charge in [0.05, 0.1) is 5.92 Å². The molecule has 1 aromatic carbocycles. The van der Waals surface area contributed by atoms with Crippen LogP contribution < -0.4 is 10.1 Å². The van der Waals surface area contributed by atoms with Crippen LogP contribution in [0.3, 0.4) is 0 Å². The molecule has 4 nitrogen and oxygen atoms in total. The van der Waals surface area contributed by atoms with Gasteiger partial charge in [0.15, 0.2) is 0 Å². The molecule has 2 atom stereocenters. The molecule has 2 N–H and O–H groups in total. The first kappa shape index (κ1) is 12.6. The maximum atomic E-state index is 11.9. The lowest BCUT2D eigenvalue weighted by Crippen LogP contribution is -2.42. The zero-order chi connectivity index (χ0) is 13.1. The number of rotatable bonds is 5. The van der Waals surface area contributed by atoms with Gasteiger partial charge in [-0.05, 0) is 37.1 Å². The molecule has 0 aromatic heterocycles. The lowest BCUT2D eigenvalue weighted by Gasteiger charge is -2.34. The van der Waals surface area contributed by atoms with Gasteiger partial charge in [0.25, 0.3) is 0 Å². The Balaban J connectivity index is 1.92. The first-order valence-electron chi connectivity index (χ1n) is 5.60. The Morgan fingerprint density at radius 2 is 2.00 bits per heavy atom. The Hall–Kier alpha value is -1.85. The Bertz CT molecular complexity index is 422. The maximum Gasteiger partial charge on any atom is 0.387 e. The number of hydrogen-bond acceptors (Lipinski definition) is 3. The van der Waals surface area contributed by atoms with Gasteiger partial charge in [0, 0.05) is 11.7 Å². The van der Waals surface area contributed by atoms with Crippen molar-refractivity contribution >= 4 is 11.7 Å². The molecule has 0 aliphatic heterocycles. The molecule has 0 saturated heterocycles. The van der Waals surface area contributed by atoms with Crippen molar-refractivity contribution in [2.24, 2.45) is 5.92 Å². The molecule has 2 rings (SSSR count). The molecule has 98 valence electrons. The first-order valence-corrected chi connectivity index (χ1v) is 5.60. The number of carbonyl (C=O) groups is 1. The van der Waals surface area contributed by atoms with Crippen LogP contribution >= 0.6 is 0 Å². The fourth-order valence-corrected chi connectivity index (χ4v) is 1.92. The van der Waals surface area contributed by atoms with Gasteiger partial charge in [0.2, 0.25) is 0 Å². The van der Waals surface area contributed by atoms with Crippen LogP contribution in [0.15, 0.2) is 24.3 Å². The molecular formula is C12H13F2NO3. The minimum atomic E-state index is -2.84. The molecular weight excluding hydrogens is 244 g/mol. The summed E-state index contributed by atoms with van der Waals surface area (Å²) in [6, 6.07) is 5.93. The van der Waals surface area contributed by atoms with Gasteiger partial charge in [-0.15, -0.1) is 0 Å². The van der Waals surface area contributed by atoms with Crippen molar-refractivity contribution in [1.29, 1.82) is 0 Å². The number of anilines is 1. The van der Waals surface area contributed by atoms with Crippen LogP contribution in [0.2, 0.25) is 0 Å². The molecule has 0 bridgehead atoms. The fourth-order valence-electron chi connectivity index (χ4n) is 1.92. The Morgan fingerprint density at radius 1 is 1.33 bits per heavy atom. The number of halogens is 2. The number of carboxylic acid groups (broad SMARTS) is 1. The zero-order valence-electron chi connectivity index (χ0n) is 9.48. The van der Waals surface area contributed by atoms with E-state index in [4.69, 9.17) is 5.11 Å². The van der Waals surface area contributed by atoms with Crippen molar-refractivity contribution in [3.05, 3.63) is 24.3 Å². The number of benzene rings is 1. The molecule has 0 radical (unpaired) electrons. The van der Waals surface area contributed by atoms with Gasteiger partial charge in [-0.3, -0.25) is 4.79 Å². The molecule has 6 heteroatoms. The average molecular weight is 257 g/mol. The third-order valence-corrected chi connectivity index (χ3v) is 3.02. The molecule has 0 heterocycles. The van der Waals surface area contributed by atoms with E-state index in [2.05, 4.69) is 10.1 Å². The molecule has 0 amide bonds. The van der Waals surface area contributed by atoms with E-state index in [1.165, 1.54) is 12.1 Å². The van der Waals surface area contributed by atoms with Crippen molar-refractivity contribution < 1.29 is 23.4 Å². The summed E-state index contributed by atoms with van der Waals surface area (Å²) >= 11 is 0. The van der Waals surface area contributed by atoms with Crippen molar-refractivity contribution in [2.75, 3.05) is 5.32 Å². The van der Waals surface area contributed by atoms with Gasteiger partial charge in [-0.1, -0.05) is 0 Å². The largest absolute Gasteiger partial charge is 0.481 e. The second kappa shape index (κ2) is 5.20. The van der Waals surface area contributed by atoms with Gasteiger partial charge >= 0.3 is 12.6 Å². The van der Waals surface area contributed by atoms with E-state index in [0.717, 1.165) is 6.42 Å². The highest BCUT2D eigenvalue weighted by Crippen LogP contribution is 2.31. The summed E-state index contributed by atoms with van der Waals surface area (Å²) < 4.78 is 28.1. The van der Waals surface area contributed by atoms with E-state index in [1.54, 1.807) is 12.1 Å². The second-order valence-electron chi connectivity index (χ2n) is 4.18. The maximum absolute atomic E-state index is 11.9. The second-order valence-corrected chi connectivity index (χ2v) is 4.18. The third-order valence-electron chi connectivity index (χ3n) is 3.02. The smallest absolute Gasteiger partial charge is 0.387 e. The van der Waals surface area contributed by atoms with Crippen LogP contribution in [-0.2, 0) is 4.79 Å². The standard InChI is InChI=1S/C12H13F2NO3/c13-12(14)18-8-3-1-7(2-4-8)15-10-6-5-9(10)11(16)17/h1-4,9-10,12,15H,5-6H2,(H,16,17). The Labute approximate surface area is 103 Å². The van der Waals surface area contributed by atoms with Crippen LogP contribution in [0, 0.1) is 5.92 Å². The number of aliphatic carboxylic acids is 1. The van der Waals surface area contributed by atoms with Crippen LogP contribution in [0.1, 0.15) is 12.8 Å². The summed E-state index contributed by atoms with van der Waals surface area (Å²) in [5, 5.41) is 11.9. The third kappa shape index (κ3) is 2.88. The summed E-state index contributed by atoms with van der Waals surface area (Å²) in [7, 11) is 0. The van der Waals surface area contributed by atoms with Crippen molar-refractivity contribution in [2.45, 2.75) is 25.5 Å². The molecule has 18 heavy (non-hydrogen) atoms. The van der Waals surface area contributed by atoms with Gasteiger partial charge in [0.1, 0.15) is 5.75 Å². The number of alkyl halides is 2. The summed E-state index contributed by atoms with van der Waals surface area (Å²) in [5.41, 5.74) is 0.701. The molecule has 1 aliphatic rings. The Kier molecular flexibility index (Phi) is 3.64. The van der Waals surface area contributed by atoms with E-state index in [0.29, 0.717) is 12.1 Å². The highest BCUT2D eigenvalue weighted by molar-refractivity contribution is 5.73. The van der Waals surface area contributed by atoms with Crippen LogP contribution in [0.4, 0.5) is 14.5 Å². The predicted octanol–water partition coefficient (Wildman–Crippen LogP) is 2.56. The summed E-state index contributed by atoms with van der Waals surface area (Å²) in [5.74, 6) is -1.10. The van der Waals surface area contributed by atoms with Crippen LogP contribution in [-0.4, -0.2) is 23.7 Å². The normalized spacial score (nSPS) is 22.4. The fraction of sp³-hybridized carbons (Fsp3) is 0.417. The number of hydrogen-bond donors (Lipinski definition) is 2.